The second-order valence-electron chi connectivity index (χ2n) is 4.02. The van der Waals surface area contributed by atoms with Gasteiger partial charge >= 0.3 is 0 Å². The van der Waals surface area contributed by atoms with E-state index in [0.717, 1.165) is 38.8 Å². The largest absolute Gasteiger partial charge is 0.367 e. The van der Waals surface area contributed by atoms with Crippen LogP contribution in [0.5, 0.6) is 0 Å². The first kappa shape index (κ1) is 11.3. The zero-order valence-electron chi connectivity index (χ0n) is 9.42. The Labute approximate surface area is 94.5 Å². The molecule has 0 aliphatic carbocycles. The van der Waals surface area contributed by atoms with Crippen molar-refractivity contribution in [3.8, 4) is 0 Å². The summed E-state index contributed by atoms with van der Waals surface area (Å²) in [6, 6.07) is 3.78. The van der Waals surface area contributed by atoms with Gasteiger partial charge in [0.15, 0.2) is 0 Å². The lowest BCUT2D eigenvalue weighted by Gasteiger charge is -2.35. The van der Waals surface area contributed by atoms with E-state index in [1.807, 2.05) is 4.90 Å². The van der Waals surface area contributed by atoms with E-state index in [1.165, 1.54) is 12.1 Å². The molecule has 1 aliphatic heterocycles. The number of hydrogen-bond acceptors (Lipinski definition) is 2. The Bertz CT molecular complexity index is 360. The summed E-state index contributed by atoms with van der Waals surface area (Å²) >= 11 is 0. The molecule has 1 saturated heterocycles. The monoisotopic (exact) mass is 226 g/mol. The molecule has 2 rings (SSSR count). The van der Waals surface area contributed by atoms with Crippen molar-refractivity contribution in [2.75, 3.05) is 37.6 Å². The molecular weight excluding hydrogens is 210 g/mol. The molecule has 1 heterocycles. The highest BCUT2D eigenvalue weighted by molar-refractivity contribution is 5.48. The van der Waals surface area contributed by atoms with Crippen LogP contribution < -0.4 is 4.90 Å². The molecule has 0 spiro atoms. The van der Waals surface area contributed by atoms with Crippen LogP contribution in [0.3, 0.4) is 0 Å². The Morgan fingerprint density at radius 3 is 2.38 bits per heavy atom. The molecule has 0 saturated carbocycles. The first-order valence-corrected chi connectivity index (χ1v) is 5.63. The summed E-state index contributed by atoms with van der Waals surface area (Å²) in [5.74, 6) is -0.988. The Morgan fingerprint density at radius 1 is 1.12 bits per heavy atom. The number of halogens is 2. The lowest BCUT2D eigenvalue weighted by molar-refractivity contribution is 0.270. The number of hydrogen-bond donors (Lipinski definition) is 0. The maximum atomic E-state index is 13.5. The molecule has 0 atom stereocenters. The summed E-state index contributed by atoms with van der Waals surface area (Å²) < 4.78 is 26.3. The minimum Gasteiger partial charge on any atom is -0.367 e. The van der Waals surface area contributed by atoms with E-state index in [4.69, 9.17) is 0 Å². The smallest absolute Gasteiger partial charge is 0.149 e. The van der Waals surface area contributed by atoms with E-state index >= 15 is 0 Å². The van der Waals surface area contributed by atoms with Crippen LogP contribution in [-0.4, -0.2) is 37.6 Å². The molecular formula is C12H16F2N2. The van der Waals surface area contributed by atoms with Gasteiger partial charge in [0, 0.05) is 32.2 Å². The van der Waals surface area contributed by atoms with Crippen molar-refractivity contribution in [3.05, 3.63) is 29.8 Å². The molecule has 1 aromatic rings. The van der Waals surface area contributed by atoms with Crippen molar-refractivity contribution in [2.24, 2.45) is 0 Å². The van der Waals surface area contributed by atoms with Crippen molar-refractivity contribution in [2.45, 2.75) is 6.92 Å². The third-order valence-corrected chi connectivity index (χ3v) is 3.07. The molecule has 0 amide bonds. The molecule has 4 heteroatoms. The van der Waals surface area contributed by atoms with Crippen LogP contribution >= 0.6 is 0 Å². The molecule has 0 aromatic heterocycles. The highest BCUT2D eigenvalue weighted by atomic mass is 19.1. The summed E-state index contributed by atoms with van der Waals surface area (Å²) in [4.78, 5) is 4.29. The second-order valence-corrected chi connectivity index (χ2v) is 4.02. The standard InChI is InChI=1S/C12H16F2N2/c1-2-15-5-7-16(8-6-15)12-4-3-10(13)9-11(12)14/h3-4,9H,2,5-8H2,1H3. The molecule has 0 unspecified atom stereocenters. The average molecular weight is 226 g/mol. The van der Waals surface area contributed by atoms with Crippen molar-refractivity contribution in [1.82, 2.24) is 4.90 Å². The van der Waals surface area contributed by atoms with Crippen molar-refractivity contribution >= 4 is 5.69 Å². The Hall–Kier alpha value is -1.16. The normalized spacial score (nSPS) is 17.8. The average Bonchev–Trinajstić information content (AvgIpc) is 2.29. The fraction of sp³-hybridized carbons (Fsp3) is 0.500. The van der Waals surface area contributed by atoms with Crippen molar-refractivity contribution in [3.63, 3.8) is 0 Å². The zero-order valence-corrected chi connectivity index (χ0v) is 9.42. The summed E-state index contributed by atoms with van der Waals surface area (Å²) in [5, 5.41) is 0. The van der Waals surface area contributed by atoms with Crippen molar-refractivity contribution < 1.29 is 8.78 Å². The number of rotatable bonds is 2. The van der Waals surface area contributed by atoms with Crippen LogP contribution in [0, 0.1) is 11.6 Å². The van der Waals surface area contributed by atoms with Gasteiger partial charge in [0.25, 0.3) is 0 Å². The first-order valence-electron chi connectivity index (χ1n) is 5.63. The third kappa shape index (κ3) is 2.32. The maximum absolute atomic E-state index is 13.5. The van der Waals surface area contributed by atoms with Gasteiger partial charge in [-0.2, -0.15) is 0 Å². The minimum absolute atomic E-state index is 0.468. The van der Waals surface area contributed by atoms with Crippen LogP contribution in [0.1, 0.15) is 6.92 Å². The van der Waals surface area contributed by atoms with E-state index in [9.17, 15) is 8.78 Å². The quantitative estimate of drug-likeness (QED) is 0.762. The van der Waals surface area contributed by atoms with Gasteiger partial charge in [-0.05, 0) is 18.7 Å². The molecule has 0 bridgehead atoms. The van der Waals surface area contributed by atoms with E-state index in [-0.39, 0.29) is 0 Å². The Balaban J connectivity index is 2.08. The van der Waals surface area contributed by atoms with Gasteiger partial charge in [0.1, 0.15) is 11.6 Å². The predicted molar refractivity (Wildman–Crippen MR) is 60.7 cm³/mol. The van der Waals surface area contributed by atoms with E-state index < -0.39 is 11.6 Å². The summed E-state index contributed by atoms with van der Waals surface area (Å²) in [5.41, 5.74) is 0.511. The van der Waals surface area contributed by atoms with E-state index in [2.05, 4.69) is 11.8 Å². The highest BCUT2D eigenvalue weighted by Gasteiger charge is 2.18. The molecule has 16 heavy (non-hydrogen) atoms. The third-order valence-electron chi connectivity index (χ3n) is 3.07. The molecule has 1 fully saturated rings. The topological polar surface area (TPSA) is 6.48 Å². The summed E-state index contributed by atoms with van der Waals surface area (Å²) in [7, 11) is 0. The zero-order chi connectivity index (χ0) is 11.5. The van der Waals surface area contributed by atoms with Gasteiger partial charge in [-0.15, -0.1) is 0 Å². The van der Waals surface area contributed by atoms with Gasteiger partial charge in [-0.1, -0.05) is 6.92 Å². The first-order chi connectivity index (χ1) is 7.70. The molecule has 1 aromatic carbocycles. The number of nitrogens with zero attached hydrogens (tertiary/aromatic N) is 2. The van der Waals surface area contributed by atoms with Crippen molar-refractivity contribution in [1.29, 1.82) is 0 Å². The fourth-order valence-corrected chi connectivity index (χ4v) is 2.04. The fourth-order valence-electron chi connectivity index (χ4n) is 2.04. The Kier molecular flexibility index (Phi) is 3.39. The molecule has 1 aliphatic rings. The lowest BCUT2D eigenvalue weighted by Crippen LogP contribution is -2.46. The Morgan fingerprint density at radius 2 is 1.81 bits per heavy atom. The minimum atomic E-state index is -0.520. The number of piperazine rings is 1. The van der Waals surface area contributed by atoms with Crippen LogP contribution in [0.2, 0.25) is 0 Å². The van der Waals surface area contributed by atoms with Crippen LogP contribution in [0.4, 0.5) is 14.5 Å². The maximum Gasteiger partial charge on any atom is 0.149 e. The second kappa shape index (κ2) is 4.78. The van der Waals surface area contributed by atoms with Crippen LogP contribution in [0.25, 0.3) is 0 Å². The van der Waals surface area contributed by atoms with Gasteiger partial charge in [-0.3, -0.25) is 0 Å². The molecule has 88 valence electrons. The van der Waals surface area contributed by atoms with E-state index in [0.29, 0.717) is 5.69 Å². The SMILES string of the molecule is CCN1CCN(c2ccc(F)cc2F)CC1. The number of likely N-dealkylation sites (N-methyl/N-ethyl adjacent to an activating group) is 1. The van der Waals surface area contributed by atoms with Gasteiger partial charge in [0.05, 0.1) is 5.69 Å². The van der Waals surface area contributed by atoms with Gasteiger partial charge in [0.2, 0.25) is 0 Å². The lowest BCUT2D eigenvalue weighted by atomic mass is 10.2. The molecule has 0 radical (unpaired) electrons. The van der Waals surface area contributed by atoms with Gasteiger partial charge < -0.3 is 9.80 Å². The highest BCUT2D eigenvalue weighted by Crippen LogP contribution is 2.21. The van der Waals surface area contributed by atoms with Crippen LogP contribution in [0.15, 0.2) is 18.2 Å². The van der Waals surface area contributed by atoms with Crippen LogP contribution in [-0.2, 0) is 0 Å². The van der Waals surface area contributed by atoms with Gasteiger partial charge in [-0.25, -0.2) is 8.78 Å². The van der Waals surface area contributed by atoms with E-state index in [1.54, 1.807) is 0 Å². The number of benzene rings is 1. The summed E-state index contributed by atoms with van der Waals surface area (Å²) in [6.45, 7) is 6.63. The predicted octanol–water partition coefficient (Wildman–Crippen LogP) is 2.11. The molecule has 0 N–H and O–H groups in total. The summed E-state index contributed by atoms with van der Waals surface area (Å²) in [6.07, 6.45) is 0. The number of anilines is 1. The molecule has 2 nitrogen and oxygen atoms in total.